The topological polar surface area (TPSA) is 33.2 Å². The van der Waals surface area contributed by atoms with E-state index in [-0.39, 0.29) is 12.3 Å². The van der Waals surface area contributed by atoms with E-state index >= 15 is 0 Å². The van der Waals surface area contributed by atoms with E-state index in [4.69, 9.17) is 0 Å². The van der Waals surface area contributed by atoms with Gasteiger partial charge in [0.05, 0.1) is 12.0 Å². The normalized spacial score (nSPS) is 13.6. The standard InChI is InChI=1S/C24H17F3N2OS/c25-24(26,27)18-3-1-2-15(10-18)11-23(30)29-9-7-17-12-16(4-5-21(17)29)20-14-31-22-6-8-28-13-19(20)22/h1-6,8,10,12-14H,7,9,11H2. The first-order valence-electron chi connectivity index (χ1n) is 9.81. The summed E-state index contributed by atoms with van der Waals surface area (Å²) < 4.78 is 40.0. The van der Waals surface area contributed by atoms with Gasteiger partial charge in [0.25, 0.3) is 0 Å². The van der Waals surface area contributed by atoms with Crippen molar-refractivity contribution < 1.29 is 18.0 Å². The van der Waals surface area contributed by atoms with E-state index in [1.54, 1.807) is 28.5 Å². The maximum atomic E-state index is 13.0. The third kappa shape index (κ3) is 3.70. The third-order valence-corrected chi connectivity index (χ3v) is 6.54. The minimum atomic E-state index is -4.42. The highest BCUT2D eigenvalue weighted by Crippen LogP contribution is 2.37. The van der Waals surface area contributed by atoms with Gasteiger partial charge in [0, 0.05) is 40.3 Å². The van der Waals surface area contributed by atoms with Crippen LogP contribution in [0, 0.1) is 0 Å². The molecule has 0 atom stereocenters. The van der Waals surface area contributed by atoms with Gasteiger partial charge >= 0.3 is 6.18 Å². The summed E-state index contributed by atoms with van der Waals surface area (Å²) in [6.45, 7) is 0.530. The Bertz CT molecular complexity index is 1300. The van der Waals surface area contributed by atoms with E-state index < -0.39 is 11.7 Å². The molecule has 3 heterocycles. The van der Waals surface area contributed by atoms with Gasteiger partial charge in [-0.3, -0.25) is 9.78 Å². The number of anilines is 1. The Kier molecular flexibility index (Phi) is 4.78. The molecule has 4 aromatic rings. The molecule has 1 aliphatic rings. The fourth-order valence-electron chi connectivity index (χ4n) is 4.05. The van der Waals surface area contributed by atoms with Gasteiger partial charge in [-0.2, -0.15) is 13.2 Å². The van der Waals surface area contributed by atoms with Crippen LogP contribution in [0.2, 0.25) is 0 Å². The Morgan fingerprint density at radius 3 is 2.84 bits per heavy atom. The molecule has 1 aliphatic heterocycles. The predicted molar refractivity (Wildman–Crippen MR) is 116 cm³/mol. The molecule has 0 bridgehead atoms. The summed E-state index contributed by atoms with van der Waals surface area (Å²) >= 11 is 1.67. The molecular weight excluding hydrogens is 421 g/mol. The number of rotatable bonds is 3. The summed E-state index contributed by atoms with van der Waals surface area (Å²) in [5.74, 6) is -0.198. The zero-order valence-electron chi connectivity index (χ0n) is 16.3. The summed E-state index contributed by atoms with van der Waals surface area (Å²) in [6, 6.07) is 13.0. The fourth-order valence-corrected chi connectivity index (χ4v) is 4.99. The molecule has 0 spiro atoms. The average molecular weight is 438 g/mol. The monoisotopic (exact) mass is 438 g/mol. The molecule has 2 aromatic carbocycles. The van der Waals surface area contributed by atoms with Crippen LogP contribution in [0.15, 0.2) is 66.3 Å². The number of amides is 1. The number of fused-ring (bicyclic) bond motifs is 2. The van der Waals surface area contributed by atoms with Crippen molar-refractivity contribution in [2.45, 2.75) is 19.0 Å². The van der Waals surface area contributed by atoms with Gasteiger partial charge < -0.3 is 4.90 Å². The second-order valence-corrected chi connectivity index (χ2v) is 8.45. The highest BCUT2D eigenvalue weighted by molar-refractivity contribution is 7.17. The first-order valence-corrected chi connectivity index (χ1v) is 10.7. The van der Waals surface area contributed by atoms with Gasteiger partial charge in [-0.15, -0.1) is 11.3 Å². The summed E-state index contributed by atoms with van der Waals surface area (Å²) in [4.78, 5) is 18.8. The van der Waals surface area contributed by atoms with Crippen molar-refractivity contribution in [2.75, 3.05) is 11.4 Å². The number of hydrogen-bond acceptors (Lipinski definition) is 3. The quantitative estimate of drug-likeness (QED) is 0.386. The van der Waals surface area contributed by atoms with Gasteiger partial charge in [0.1, 0.15) is 0 Å². The zero-order valence-corrected chi connectivity index (χ0v) is 17.1. The lowest BCUT2D eigenvalue weighted by Gasteiger charge is -2.18. The summed E-state index contributed by atoms with van der Waals surface area (Å²) in [5, 5.41) is 3.21. The lowest BCUT2D eigenvalue weighted by Crippen LogP contribution is -2.30. The van der Waals surface area contributed by atoms with Gasteiger partial charge in [-0.25, -0.2) is 0 Å². The lowest BCUT2D eigenvalue weighted by atomic mass is 10.0. The molecular formula is C24H17F3N2OS. The number of nitrogens with zero attached hydrogens (tertiary/aromatic N) is 2. The Morgan fingerprint density at radius 1 is 1.13 bits per heavy atom. The summed E-state index contributed by atoms with van der Waals surface area (Å²) in [7, 11) is 0. The van der Waals surface area contributed by atoms with Crippen molar-refractivity contribution >= 4 is 33.0 Å². The molecule has 0 saturated heterocycles. The molecule has 7 heteroatoms. The van der Waals surface area contributed by atoms with Crippen LogP contribution in [-0.2, 0) is 23.8 Å². The van der Waals surface area contributed by atoms with E-state index in [9.17, 15) is 18.0 Å². The molecule has 0 aliphatic carbocycles. The molecule has 0 saturated carbocycles. The van der Waals surface area contributed by atoms with Crippen molar-refractivity contribution in [3.8, 4) is 11.1 Å². The maximum absolute atomic E-state index is 13.0. The first-order chi connectivity index (χ1) is 14.9. The van der Waals surface area contributed by atoms with Crippen molar-refractivity contribution in [1.29, 1.82) is 0 Å². The van der Waals surface area contributed by atoms with Gasteiger partial charge in [-0.1, -0.05) is 24.3 Å². The number of alkyl halides is 3. The number of benzene rings is 2. The fraction of sp³-hybridized carbons (Fsp3) is 0.167. The number of pyridine rings is 1. The first kappa shape index (κ1) is 19.8. The molecule has 1 amide bonds. The molecule has 0 radical (unpaired) electrons. The van der Waals surface area contributed by atoms with Crippen LogP contribution < -0.4 is 4.90 Å². The second kappa shape index (κ2) is 7.50. The summed E-state index contributed by atoms with van der Waals surface area (Å²) in [5.41, 5.74) is 3.72. The van der Waals surface area contributed by atoms with Crippen LogP contribution in [0.25, 0.3) is 21.2 Å². The third-order valence-electron chi connectivity index (χ3n) is 5.57. The van der Waals surface area contributed by atoms with E-state index in [0.29, 0.717) is 12.1 Å². The van der Waals surface area contributed by atoms with Gasteiger partial charge in [-0.05, 0) is 52.8 Å². The average Bonchev–Trinajstić information content (AvgIpc) is 3.37. The maximum Gasteiger partial charge on any atom is 0.416 e. The lowest BCUT2D eigenvalue weighted by molar-refractivity contribution is -0.137. The Labute approximate surface area is 180 Å². The van der Waals surface area contributed by atoms with Gasteiger partial charge in [0.2, 0.25) is 5.91 Å². The van der Waals surface area contributed by atoms with E-state index in [1.807, 2.05) is 24.4 Å². The number of hydrogen-bond donors (Lipinski definition) is 0. The number of carbonyl (C=O) groups is 1. The van der Waals surface area contributed by atoms with Crippen LogP contribution in [0.3, 0.4) is 0 Å². The second-order valence-electron chi connectivity index (χ2n) is 7.53. The smallest absolute Gasteiger partial charge is 0.312 e. The molecule has 2 aromatic heterocycles. The Morgan fingerprint density at radius 2 is 2.00 bits per heavy atom. The molecule has 0 fully saturated rings. The molecule has 0 unspecified atom stereocenters. The summed E-state index contributed by atoms with van der Waals surface area (Å²) in [6.07, 6.45) is -0.126. The van der Waals surface area contributed by atoms with Crippen LogP contribution in [-0.4, -0.2) is 17.4 Å². The molecule has 0 N–H and O–H groups in total. The minimum Gasteiger partial charge on any atom is -0.312 e. The van der Waals surface area contributed by atoms with Crippen molar-refractivity contribution in [3.05, 3.63) is 83.0 Å². The largest absolute Gasteiger partial charge is 0.416 e. The minimum absolute atomic E-state index is 0.0635. The van der Waals surface area contributed by atoms with Crippen LogP contribution in [0.4, 0.5) is 18.9 Å². The van der Waals surface area contributed by atoms with Crippen molar-refractivity contribution in [1.82, 2.24) is 4.98 Å². The van der Waals surface area contributed by atoms with E-state index in [0.717, 1.165) is 46.3 Å². The molecule has 31 heavy (non-hydrogen) atoms. The van der Waals surface area contributed by atoms with E-state index in [2.05, 4.69) is 16.4 Å². The highest BCUT2D eigenvalue weighted by Gasteiger charge is 2.31. The van der Waals surface area contributed by atoms with E-state index in [1.165, 1.54) is 10.8 Å². The van der Waals surface area contributed by atoms with Crippen LogP contribution in [0.5, 0.6) is 0 Å². The highest BCUT2D eigenvalue weighted by atomic mass is 32.1. The van der Waals surface area contributed by atoms with Crippen LogP contribution >= 0.6 is 11.3 Å². The van der Waals surface area contributed by atoms with Gasteiger partial charge in [0.15, 0.2) is 0 Å². The number of halogens is 3. The zero-order chi connectivity index (χ0) is 21.6. The molecule has 156 valence electrons. The van der Waals surface area contributed by atoms with Crippen molar-refractivity contribution in [2.24, 2.45) is 0 Å². The number of aromatic nitrogens is 1. The Hall–Kier alpha value is -3.19. The number of thiophene rings is 1. The van der Waals surface area contributed by atoms with Crippen LogP contribution in [0.1, 0.15) is 16.7 Å². The molecule has 5 rings (SSSR count). The molecule has 3 nitrogen and oxygen atoms in total. The SMILES string of the molecule is O=C(Cc1cccc(C(F)(F)F)c1)N1CCc2cc(-c3csc4ccncc34)ccc21. The predicted octanol–water partition coefficient (Wildman–Crippen LogP) is 6.11. The van der Waals surface area contributed by atoms with Crippen molar-refractivity contribution in [3.63, 3.8) is 0 Å². The Balaban J connectivity index is 1.39. The number of carbonyl (C=O) groups excluding carboxylic acids is 1.